The Hall–Kier alpha value is -3.62. The Morgan fingerprint density at radius 2 is 0.781 bits per heavy atom. The molecule has 0 amide bonds. The summed E-state index contributed by atoms with van der Waals surface area (Å²) in [5.41, 5.74) is 8.24. The fraction of sp³-hybridized carbons (Fsp3) is 0. The summed E-state index contributed by atoms with van der Waals surface area (Å²) in [6.45, 7) is 0. The molecule has 5 aromatic rings. The van der Waals surface area contributed by atoms with Crippen molar-refractivity contribution in [2.75, 3.05) is 4.90 Å². The Kier molecular flexibility index (Phi) is 5.87. The van der Waals surface area contributed by atoms with E-state index in [1.165, 1.54) is 22.3 Å². The highest BCUT2D eigenvalue weighted by Crippen LogP contribution is 2.35. The van der Waals surface area contributed by atoms with Crippen LogP contribution in [0.2, 0.25) is 0 Å². The van der Waals surface area contributed by atoms with Gasteiger partial charge in [-0.1, -0.05) is 107 Å². The molecule has 5 rings (SSSR count). The Balaban J connectivity index is 1.46. The Bertz CT molecular complexity index is 1260. The molecule has 0 atom stereocenters. The minimum absolute atomic E-state index is 1.11. The summed E-state index contributed by atoms with van der Waals surface area (Å²) in [6, 6.07) is 46.8. The van der Waals surface area contributed by atoms with E-state index in [-0.39, 0.29) is 0 Å². The van der Waals surface area contributed by atoms with Crippen molar-refractivity contribution in [3.8, 4) is 22.3 Å². The molecule has 0 spiro atoms. The van der Waals surface area contributed by atoms with Crippen LogP contribution < -0.4 is 4.90 Å². The van der Waals surface area contributed by atoms with Crippen molar-refractivity contribution in [3.63, 3.8) is 0 Å². The van der Waals surface area contributed by atoms with Crippen LogP contribution in [0.3, 0.4) is 0 Å². The number of halogens is 1. The van der Waals surface area contributed by atoms with Crippen LogP contribution in [0.25, 0.3) is 22.3 Å². The number of hydrogen-bond acceptors (Lipinski definition) is 1. The van der Waals surface area contributed by atoms with E-state index in [2.05, 4.69) is 136 Å². The van der Waals surface area contributed by atoms with Crippen molar-refractivity contribution in [2.45, 2.75) is 0 Å². The third-order valence-electron chi connectivity index (χ3n) is 5.56. The highest BCUT2D eigenvalue weighted by molar-refractivity contribution is 9.10. The first kappa shape index (κ1) is 20.3. The Morgan fingerprint density at radius 1 is 0.375 bits per heavy atom. The summed E-state index contributed by atoms with van der Waals surface area (Å²) in [5, 5.41) is 0. The second kappa shape index (κ2) is 9.25. The van der Waals surface area contributed by atoms with Gasteiger partial charge < -0.3 is 4.90 Å². The quantitative estimate of drug-likeness (QED) is 0.244. The van der Waals surface area contributed by atoms with E-state index in [1.54, 1.807) is 0 Å². The standard InChI is InChI=1S/C30H22BrN/c31-30-14-8-7-13-29(30)25-17-15-23(16-18-25)24-19-21-28(22-20-24)32(26-9-3-1-4-10-26)27-11-5-2-6-12-27/h1-22H. The van der Waals surface area contributed by atoms with E-state index < -0.39 is 0 Å². The van der Waals surface area contributed by atoms with Gasteiger partial charge in [0, 0.05) is 21.5 Å². The first-order valence-corrected chi connectivity index (χ1v) is 11.4. The molecule has 0 bridgehead atoms. The van der Waals surface area contributed by atoms with Crippen molar-refractivity contribution < 1.29 is 0 Å². The molecule has 0 N–H and O–H groups in total. The maximum atomic E-state index is 3.65. The van der Waals surface area contributed by atoms with Crippen LogP contribution in [0.1, 0.15) is 0 Å². The molecule has 0 heterocycles. The topological polar surface area (TPSA) is 3.24 Å². The third kappa shape index (κ3) is 4.23. The van der Waals surface area contributed by atoms with Crippen molar-refractivity contribution >= 4 is 33.0 Å². The number of anilines is 3. The van der Waals surface area contributed by atoms with Crippen LogP contribution in [0, 0.1) is 0 Å². The van der Waals surface area contributed by atoms with E-state index in [9.17, 15) is 0 Å². The predicted octanol–water partition coefficient (Wildman–Crippen LogP) is 9.25. The minimum Gasteiger partial charge on any atom is -0.311 e. The first-order chi connectivity index (χ1) is 15.8. The SMILES string of the molecule is Brc1ccccc1-c1ccc(-c2ccc(N(c3ccccc3)c3ccccc3)cc2)cc1. The predicted molar refractivity (Wildman–Crippen MR) is 140 cm³/mol. The molecule has 0 aliphatic carbocycles. The van der Waals surface area contributed by atoms with Crippen LogP contribution >= 0.6 is 15.9 Å². The Labute approximate surface area is 197 Å². The molecule has 0 saturated carbocycles. The number of para-hydroxylation sites is 2. The molecule has 2 heteroatoms. The molecule has 0 aliphatic heterocycles. The van der Waals surface area contributed by atoms with Crippen LogP contribution in [0.4, 0.5) is 17.1 Å². The maximum absolute atomic E-state index is 3.65. The van der Waals surface area contributed by atoms with E-state index in [0.717, 1.165) is 21.5 Å². The van der Waals surface area contributed by atoms with Crippen molar-refractivity contribution in [1.82, 2.24) is 0 Å². The van der Waals surface area contributed by atoms with Crippen LogP contribution in [0.15, 0.2) is 138 Å². The normalized spacial score (nSPS) is 10.7. The molecular formula is C30H22BrN. The molecule has 0 aliphatic rings. The second-order valence-electron chi connectivity index (χ2n) is 7.61. The van der Waals surface area contributed by atoms with Gasteiger partial charge in [0.05, 0.1) is 0 Å². The lowest BCUT2D eigenvalue weighted by Gasteiger charge is -2.25. The average molecular weight is 476 g/mol. The lowest BCUT2D eigenvalue weighted by Crippen LogP contribution is -2.09. The largest absolute Gasteiger partial charge is 0.311 e. The number of nitrogens with zero attached hydrogens (tertiary/aromatic N) is 1. The van der Waals surface area contributed by atoms with Crippen molar-refractivity contribution in [3.05, 3.63) is 138 Å². The summed E-state index contributed by atoms with van der Waals surface area (Å²) >= 11 is 3.65. The van der Waals surface area contributed by atoms with E-state index in [0.29, 0.717) is 0 Å². The van der Waals surface area contributed by atoms with Gasteiger partial charge in [-0.25, -0.2) is 0 Å². The van der Waals surface area contributed by atoms with Gasteiger partial charge in [0.2, 0.25) is 0 Å². The number of rotatable bonds is 5. The summed E-state index contributed by atoms with van der Waals surface area (Å²) in [6.07, 6.45) is 0. The van der Waals surface area contributed by atoms with Gasteiger partial charge in [-0.2, -0.15) is 0 Å². The molecule has 0 radical (unpaired) electrons. The summed E-state index contributed by atoms with van der Waals surface area (Å²) in [7, 11) is 0. The van der Waals surface area contributed by atoms with Gasteiger partial charge in [0.15, 0.2) is 0 Å². The molecule has 0 unspecified atom stereocenters. The smallest absolute Gasteiger partial charge is 0.0462 e. The number of hydrogen-bond donors (Lipinski definition) is 0. The first-order valence-electron chi connectivity index (χ1n) is 10.7. The van der Waals surface area contributed by atoms with Gasteiger partial charge in [-0.05, 0) is 64.7 Å². The minimum atomic E-state index is 1.11. The van der Waals surface area contributed by atoms with Crippen LogP contribution in [-0.4, -0.2) is 0 Å². The average Bonchev–Trinajstić information content (AvgIpc) is 2.87. The molecule has 0 fully saturated rings. The zero-order valence-corrected chi connectivity index (χ0v) is 19.1. The molecule has 0 aromatic heterocycles. The van der Waals surface area contributed by atoms with Gasteiger partial charge in [0.1, 0.15) is 0 Å². The van der Waals surface area contributed by atoms with Gasteiger partial charge >= 0.3 is 0 Å². The van der Waals surface area contributed by atoms with E-state index in [4.69, 9.17) is 0 Å². The lowest BCUT2D eigenvalue weighted by molar-refractivity contribution is 1.28. The zero-order valence-electron chi connectivity index (χ0n) is 17.5. The molecular weight excluding hydrogens is 454 g/mol. The van der Waals surface area contributed by atoms with E-state index in [1.807, 2.05) is 18.2 Å². The van der Waals surface area contributed by atoms with Gasteiger partial charge in [-0.3, -0.25) is 0 Å². The third-order valence-corrected chi connectivity index (χ3v) is 6.25. The monoisotopic (exact) mass is 475 g/mol. The summed E-state index contributed by atoms with van der Waals surface area (Å²) < 4.78 is 1.11. The van der Waals surface area contributed by atoms with Gasteiger partial charge in [0.25, 0.3) is 0 Å². The molecule has 1 nitrogen and oxygen atoms in total. The second-order valence-corrected chi connectivity index (χ2v) is 8.46. The van der Waals surface area contributed by atoms with Crippen LogP contribution in [0.5, 0.6) is 0 Å². The van der Waals surface area contributed by atoms with E-state index >= 15 is 0 Å². The zero-order chi connectivity index (χ0) is 21.8. The Morgan fingerprint density at radius 3 is 1.31 bits per heavy atom. The highest BCUT2D eigenvalue weighted by atomic mass is 79.9. The molecule has 154 valence electrons. The lowest BCUT2D eigenvalue weighted by atomic mass is 10.00. The van der Waals surface area contributed by atoms with Gasteiger partial charge in [-0.15, -0.1) is 0 Å². The fourth-order valence-electron chi connectivity index (χ4n) is 3.94. The highest BCUT2D eigenvalue weighted by Gasteiger charge is 2.12. The van der Waals surface area contributed by atoms with Crippen molar-refractivity contribution in [2.24, 2.45) is 0 Å². The van der Waals surface area contributed by atoms with Crippen LogP contribution in [-0.2, 0) is 0 Å². The van der Waals surface area contributed by atoms with Crippen molar-refractivity contribution in [1.29, 1.82) is 0 Å². The maximum Gasteiger partial charge on any atom is 0.0462 e. The number of benzene rings is 5. The fourth-order valence-corrected chi connectivity index (χ4v) is 4.46. The summed E-state index contributed by atoms with van der Waals surface area (Å²) in [4.78, 5) is 2.28. The molecule has 0 saturated heterocycles. The summed E-state index contributed by atoms with van der Waals surface area (Å²) in [5.74, 6) is 0. The molecule has 5 aromatic carbocycles. The molecule has 32 heavy (non-hydrogen) atoms.